The van der Waals surface area contributed by atoms with Gasteiger partial charge in [-0.15, -0.1) is 11.8 Å². The highest BCUT2D eigenvalue weighted by Crippen LogP contribution is 2.33. The highest BCUT2D eigenvalue weighted by molar-refractivity contribution is 7.98. The first kappa shape index (κ1) is 12.0. The molecule has 3 nitrogen and oxygen atoms in total. The third-order valence-corrected chi connectivity index (χ3v) is 3.48. The molecule has 1 aromatic carbocycles. The van der Waals surface area contributed by atoms with Crippen LogP contribution in [0.1, 0.15) is 5.56 Å². The first-order valence-corrected chi connectivity index (χ1v) is 6.43. The largest absolute Gasteiger partial charge is 0.497 e. The molecule has 0 fully saturated rings. The summed E-state index contributed by atoms with van der Waals surface area (Å²) in [6.45, 7) is 0. The summed E-state index contributed by atoms with van der Waals surface area (Å²) in [5.74, 6) is 0.696. The summed E-state index contributed by atoms with van der Waals surface area (Å²) in [6.07, 6.45) is 1.87. The summed E-state index contributed by atoms with van der Waals surface area (Å²) >= 11 is 7.63. The molecule has 0 amide bonds. The van der Waals surface area contributed by atoms with Crippen molar-refractivity contribution in [1.29, 1.82) is 5.26 Å². The van der Waals surface area contributed by atoms with Crippen molar-refractivity contribution in [3.63, 3.8) is 0 Å². The van der Waals surface area contributed by atoms with Gasteiger partial charge in [0.2, 0.25) is 0 Å². The number of methoxy groups -OCH3 is 1. The third-order valence-electron chi connectivity index (χ3n) is 2.40. The molecule has 0 aliphatic heterocycles. The van der Waals surface area contributed by atoms with E-state index in [2.05, 4.69) is 11.1 Å². The molecule has 5 heteroatoms. The smallest absolute Gasteiger partial charge is 0.119 e. The first-order valence-electron chi connectivity index (χ1n) is 4.82. The van der Waals surface area contributed by atoms with E-state index >= 15 is 0 Å². The number of ether oxygens (including phenoxy) is 1. The zero-order valence-electron chi connectivity index (χ0n) is 9.32. The Morgan fingerprint density at radius 2 is 2.24 bits per heavy atom. The van der Waals surface area contributed by atoms with Gasteiger partial charge in [0.25, 0.3) is 0 Å². The Hall–Kier alpha value is -1.44. The normalized spacial score (nSPS) is 10.2. The van der Waals surface area contributed by atoms with Crippen LogP contribution in [0.4, 0.5) is 0 Å². The average molecular weight is 265 g/mol. The van der Waals surface area contributed by atoms with Gasteiger partial charge < -0.3 is 4.74 Å². The molecular formula is C12H9ClN2OS. The predicted octanol–water partition coefficient (Wildman–Crippen LogP) is 3.49. The third kappa shape index (κ3) is 2.04. The number of nitrogens with zero attached hydrogens (tertiary/aromatic N) is 2. The van der Waals surface area contributed by atoms with Gasteiger partial charge in [-0.05, 0) is 24.5 Å². The standard InChI is InChI=1S/C12H9ClN2OS/c1-16-7-3-4-10-8(5-7)11(13)9(6-14)12(15-10)17-2/h3-5H,1-2H3. The van der Waals surface area contributed by atoms with Gasteiger partial charge in [0.05, 0.1) is 17.6 Å². The molecule has 0 unspecified atom stereocenters. The van der Waals surface area contributed by atoms with Crippen molar-refractivity contribution in [1.82, 2.24) is 4.98 Å². The second-order valence-electron chi connectivity index (χ2n) is 3.30. The summed E-state index contributed by atoms with van der Waals surface area (Å²) in [4.78, 5) is 4.40. The molecule has 0 saturated heterocycles. The van der Waals surface area contributed by atoms with Crippen LogP contribution in [0.5, 0.6) is 5.75 Å². The van der Waals surface area contributed by atoms with Crippen LogP contribution >= 0.6 is 23.4 Å². The molecule has 0 bridgehead atoms. The van der Waals surface area contributed by atoms with E-state index in [1.807, 2.05) is 18.4 Å². The fourth-order valence-electron chi connectivity index (χ4n) is 1.55. The number of hydrogen-bond acceptors (Lipinski definition) is 4. The van der Waals surface area contributed by atoms with Gasteiger partial charge >= 0.3 is 0 Å². The summed E-state index contributed by atoms with van der Waals surface area (Å²) in [7, 11) is 1.59. The quantitative estimate of drug-likeness (QED) is 0.779. The SMILES string of the molecule is COc1ccc2nc(SC)c(C#N)c(Cl)c2c1. The van der Waals surface area contributed by atoms with E-state index in [9.17, 15) is 0 Å². The van der Waals surface area contributed by atoms with Crippen LogP contribution in [-0.4, -0.2) is 18.3 Å². The van der Waals surface area contributed by atoms with E-state index < -0.39 is 0 Å². The van der Waals surface area contributed by atoms with Crippen LogP contribution in [0, 0.1) is 11.3 Å². The molecule has 86 valence electrons. The monoisotopic (exact) mass is 264 g/mol. The van der Waals surface area contributed by atoms with E-state index in [1.165, 1.54) is 11.8 Å². The number of rotatable bonds is 2. The van der Waals surface area contributed by atoms with Gasteiger partial charge in [0.1, 0.15) is 22.4 Å². The molecular weight excluding hydrogens is 256 g/mol. The lowest BCUT2D eigenvalue weighted by atomic mass is 10.1. The van der Waals surface area contributed by atoms with Crippen molar-refractivity contribution in [2.24, 2.45) is 0 Å². The molecule has 17 heavy (non-hydrogen) atoms. The number of halogens is 1. The molecule has 0 saturated carbocycles. The van der Waals surface area contributed by atoms with Crippen LogP contribution in [-0.2, 0) is 0 Å². The van der Waals surface area contributed by atoms with Crippen molar-refractivity contribution in [3.8, 4) is 11.8 Å². The minimum atomic E-state index is 0.417. The van der Waals surface area contributed by atoms with E-state index in [0.717, 1.165) is 10.9 Å². The lowest BCUT2D eigenvalue weighted by Crippen LogP contribution is -1.92. The topological polar surface area (TPSA) is 45.9 Å². The minimum absolute atomic E-state index is 0.417. The molecule has 0 atom stereocenters. The molecule has 0 radical (unpaired) electrons. The number of pyridine rings is 1. The molecule has 0 aliphatic rings. The van der Waals surface area contributed by atoms with E-state index in [0.29, 0.717) is 21.4 Å². The van der Waals surface area contributed by atoms with Crippen molar-refractivity contribution in [2.45, 2.75) is 5.03 Å². The molecule has 0 spiro atoms. The summed E-state index contributed by atoms with van der Waals surface area (Å²) < 4.78 is 5.13. The van der Waals surface area contributed by atoms with Gasteiger partial charge in [0.15, 0.2) is 0 Å². The Balaban J connectivity index is 2.82. The zero-order chi connectivity index (χ0) is 12.4. The van der Waals surface area contributed by atoms with Gasteiger partial charge in [0, 0.05) is 5.39 Å². The minimum Gasteiger partial charge on any atom is -0.497 e. The lowest BCUT2D eigenvalue weighted by molar-refractivity contribution is 0.415. The summed E-state index contributed by atoms with van der Waals surface area (Å²) in [6, 6.07) is 7.53. The molecule has 2 rings (SSSR count). The number of fused-ring (bicyclic) bond motifs is 1. The molecule has 0 N–H and O–H groups in total. The van der Waals surface area contributed by atoms with Crippen LogP contribution < -0.4 is 4.74 Å². The van der Waals surface area contributed by atoms with Crippen LogP contribution in [0.25, 0.3) is 10.9 Å². The van der Waals surface area contributed by atoms with Gasteiger partial charge in [-0.1, -0.05) is 11.6 Å². The van der Waals surface area contributed by atoms with E-state index in [1.54, 1.807) is 13.2 Å². The highest BCUT2D eigenvalue weighted by Gasteiger charge is 2.13. The Labute approximate surface area is 108 Å². The summed E-state index contributed by atoms with van der Waals surface area (Å²) in [5, 5.41) is 10.9. The highest BCUT2D eigenvalue weighted by atomic mass is 35.5. The Morgan fingerprint density at radius 3 is 2.82 bits per heavy atom. The second-order valence-corrected chi connectivity index (χ2v) is 4.48. The van der Waals surface area contributed by atoms with Crippen molar-refractivity contribution < 1.29 is 4.74 Å². The zero-order valence-corrected chi connectivity index (χ0v) is 10.9. The maximum atomic E-state index is 9.10. The number of thioether (sulfide) groups is 1. The Bertz CT molecular complexity index is 622. The van der Waals surface area contributed by atoms with Gasteiger partial charge in [-0.2, -0.15) is 5.26 Å². The molecule has 1 heterocycles. The van der Waals surface area contributed by atoms with Crippen molar-refractivity contribution in [2.75, 3.05) is 13.4 Å². The van der Waals surface area contributed by atoms with Crippen molar-refractivity contribution in [3.05, 3.63) is 28.8 Å². The Morgan fingerprint density at radius 1 is 1.47 bits per heavy atom. The number of hydrogen-bond donors (Lipinski definition) is 0. The lowest BCUT2D eigenvalue weighted by Gasteiger charge is -2.07. The van der Waals surface area contributed by atoms with Gasteiger partial charge in [-0.25, -0.2) is 4.98 Å². The fourth-order valence-corrected chi connectivity index (χ4v) is 2.43. The maximum Gasteiger partial charge on any atom is 0.119 e. The number of benzene rings is 1. The van der Waals surface area contributed by atoms with Crippen molar-refractivity contribution >= 4 is 34.3 Å². The number of aromatic nitrogens is 1. The number of nitriles is 1. The van der Waals surface area contributed by atoms with Crippen LogP contribution in [0.15, 0.2) is 23.2 Å². The fraction of sp³-hybridized carbons (Fsp3) is 0.167. The van der Waals surface area contributed by atoms with E-state index in [-0.39, 0.29) is 0 Å². The second kappa shape index (κ2) is 4.82. The molecule has 2 aromatic rings. The molecule has 1 aromatic heterocycles. The van der Waals surface area contributed by atoms with Crippen LogP contribution in [0.3, 0.4) is 0 Å². The van der Waals surface area contributed by atoms with E-state index in [4.69, 9.17) is 21.6 Å². The maximum absolute atomic E-state index is 9.10. The Kier molecular flexibility index (Phi) is 3.41. The summed E-state index contributed by atoms with van der Waals surface area (Å²) in [5.41, 5.74) is 1.18. The van der Waals surface area contributed by atoms with Crippen LogP contribution in [0.2, 0.25) is 5.02 Å². The average Bonchev–Trinajstić information content (AvgIpc) is 2.38. The first-order chi connectivity index (χ1) is 8.21. The van der Waals surface area contributed by atoms with Gasteiger partial charge in [-0.3, -0.25) is 0 Å². The predicted molar refractivity (Wildman–Crippen MR) is 69.8 cm³/mol. The molecule has 0 aliphatic carbocycles.